The number of benzene rings is 2. The van der Waals surface area contributed by atoms with Crippen LogP contribution in [0.4, 0.5) is 4.39 Å². The Bertz CT molecular complexity index is 651. The number of carbonyl (C=O) groups excluding carboxylic acids is 1. The van der Waals surface area contributed by atoms with Crippen LogP contribution in [0.15, 0.2) is 47.4 Å². The van der Waals surface area contributed by atoms with Gasteiger partial charge < -0.3 is 4.74 Å². The minimum absolute atomic E-state index is 0.00458. The Labute approximate surface area is 134 Å². The summed E-state index contributed by atoms with van der Waals surface area (Å²) in [5, 5.41) is 0. The third-order valence-electron chi connectivity index (χ3n) is 3.30. The minimum atomic E-state index is -0.269. The van der Waals surface area contributed by atoms with Gasteiger partial charge in [-0.1, -0.05) is 26.0 Å². The van der Waals surface area contributed by atoms with E-state index in [4.69, 9.17) is 4.74 Å². The number of hydrogen-bond acceptors (Lipinski definition) is 3. The number of rotatable bonds is 6. The summed E-state index contributed by atoms with van der Waals surface area (Å²) in [7, 11) is 1.58. The number of ketones is 1. The van der Waals surface area contributed by atoms with E-state index in [2.05, 4.69) is 0 Å². The molecule has 4 heteroatoms. The number of carbonyl (C=O) groups is 1. The van der Waals surface area contributed by atoms with Crippen LogP contribution in [0.3, 0.4) is 0 Å². The van der Waals surface area contributed by atoms with Crippen molar-refractivity contribution in [2.45, 2.75) is 24.5 Å². The average molecular weight is 318 g/mol. The summed E-state index contributed by atoms with van der Waals surface area (Å²) in [6.45, 7) is 3.78. The normalized spacial score (nSPS) is 10.8. The highest BCUT2D eigenvalue weighted by atomic mass is 32.2. The third kappa shape index (κ3) is 4.10. The fraction of sp³-hybridized carbons (Fsp3) is 0.278. The molecule has 0 heterocycles. The van der Waals surface area contributed by atoms with Gasteiger partial charge in [0.15, 0.2) is 5.78 Å². The average Bonchev–Trinajstić information content (AvgIpc) is 2.52. The summed E-state index contributed by atoms with van der Waals surface area (Å²) in [5.74, 6) is 1.16. The fourth-order valence-corrected chi connectivity index (χ4v) is 2.95. The number of methoxy groups -OCH3 is 1. The molecule has 0 aliphatic rings. The predicted molar refractivity (Wildman–Crippen MR) is 88.1 cm³/mol. The molecule has 0 N–H and O–H groups in total. The molecule has 2 nitrogen and oxygen atoms in total. The number of ether oxygens (including phenoxy) is 1. The first kappa shape index (κ1) is 16.6. The van der Waals surface area contributed by atoms with Gasteiger partial charge in [0.05, 0.1) is 7.11 Å². The van der Waals surface area contributed by atoms with Crippen molar-refractivity contribution in [3.63, 3.8) is 0 Å². The molecule has 0 aliphatic carbocycles. The molecule has 0 aromatic heterocycles. The van der Waals surface area contributed by atoms with Gasteiger partial charge in [0.2, 0.25) is 0 Å². The van der Waals surface area contributed by atoms with Gasteiger partial charge in [-0.05, 0) is 30.3 Å². The van der Waals surface area contributed by atoms with E-state index in [1.807, 2.05) is 38.1 Å². The molecule has 0 fully saturated rings. The van der Waals surface area contributed by atoms with E-state index in [1.165, 1.54) is 12.1 Å². The summed E-state index contributed by atoms with van der Waals surface area (Å²) in [4.78, 5) is 12.9. The second-order valence-corrected chi connectivity index (χ2v) is 6.34. The zero-order chi connectivity index (χ0) is 16.1. The maximum atomic E-state index is 13.3. The molecule has 22 heavy (non-hydrogen) atoms. The van der Waals surface area contributed by atoms with E-state index >= 15 is 0 Å². The lowest BCUT2D eigenvalue weighted by atomic mass is 10.0. The largest absolute Gasteiger partial charge is 0.496 e. The van der Waals surface area contributed by atoms with Gasteiger partial charge in [-0.25, -0.2) is 4.39 Å². The number of thioether (sulfide) groups is 1. The predicted octanol–water partition coefficient (Wildman–Crippen LogP) is 4.97. The highest BCUT2D eigenvalue weighted by molar-refractivity contribution is 7.98. The van der Waals surface area contributed by atoms with Gasteiger partial charge in [0.25, 0.3) is 0 Å². The Hall–Kier alpha value is -1.81. The van der Waals surface area contributed by atoms with Gasteiger partial charge >= 0.3 is 0 Å². The number of halogens is 1. The van der Waals surface area contributed by atoms with Crippen LogP contribution in [0.25, 0.3) is 0 Å². The molecule has 0 atom stereocenters. The van der Waals surface area contributed by atoms with Crippen molar-refractivity contribution in [1.82, 2.24) is 0 Å². The van der Waals surface area contributed by atoms with E-state index < -0.39 is 0 Å². The molecule has 0 bridgehead atoms. The molecule has 0 spiro atoms. The van der Waals surface area contributed by atoms with E-state index in [0.717, 1.165) is 16.0 Å². The van der Waals surface area contributed by atoms with Gasteiger partial charge in [0, 0.05) is 27.7 Å². The van der Waals surface area contributed by atoms with Crippen molar-refractivity contribution in [1.29, 1.82) is 0 Å². The first-order valence-electron chi connectivity index (χ1n) is 7.10. The van der Waals surface area contributed by atoms with Crippen LogP contribution in [0, 0.1) is 11.7 Å². The van der Waals surface area contributed by atoms with Crippen molar-refractivity contribution in [3.8, 4) is 5.75 Å². The SMILES string of the molecule is COc1ccc(F)cc1CSc1ccc(C(=O)C(C)C)cc1. The minimum Gasteiger partial charge on any atom is -0.496 e. The topological polar surface area (TPSA) is 26.3 Å². The molecule has 0 radical (unpaired) electrons. The van der Waals surface area contributed by atoms with Crippen molar-refractivity contribution >= 4 is 17.5 Å². The van der Waals surface area contributed by atoms with E-state index in [9.17, 15) is 9.18 Å². The van der Waals surface area contributed by atoms with E-state index in [1.54, 1.807) is 24.9 Å². The molecular formula is C18H19FO2S. The van der Waals surface area contributed by atoms with Gasteiger partial charge in [-0.3, -0.25) is 4.79 Å². The van der Waals surface area contributed by atoms with Crippen molar-refractivity contribution < 1.29 is 13.9 Å². The summed E-state index contributed by atoms with van der Waals surface area (Å²) in [5.41, 5.74) is 1.54. The smallest absolute Gasteiger partial charge is 0.165 e. The van der Waals surface area contributed by atoms with Crippen LogP contribution in [0.1, 0.15) is 29.8 Å². The summed E-state index contributed by atoms with van der Waals surface area (Å²) in [6.07, 6.45) is 0. The summed E-state index contributed by atoms with van der Waals surface area (Å²) in [6, 6.07) is 12.0. The van der Waals surface area contributed by atoms with Crippen LogP contribution < -0.4 is 4.74 Å². The highest BCUT2D eigenvalue weighted by Crippen LogP contribution is 2.29. The standard InChI is InChI=1S/C18H19FO2S/c1-12(2)18(20)13-4-7-16(8-5-13)22-11-14-10-15(19)6-9-17(14)21-3/h4-10,12H,11H2,1-3H3. The lowest BCUT2D eigenvalue weighted by molar-refractivity contribution is 0.0939. The van der Waals surface area contributed by atoms with Gasteiger partial charge in [0.1, 0.15) is 11.6 Å². The quantitative estimate of drug-likeness (QED) is 0.556. The second kappa shape index (κ2) is 7.45. The monoisotopic (exact) mass is 318 g/mol. The highest BCUT2D eigenvalue weighted by Gasteiger charge is 2.10. The fourth-order valence-electron chi connectivity index (χ4n) is 2.07. The molecule has 2 aromatic carbocycles. The first-order chi connectivity index (χ1) is 10.5. The molecule has 0 aliphatic heterocycles. The Kier molecular flexibility index (Phi) is 5.61. The van der Waals surface area contributed by atoms with Crippen LogP contribution in [-0.4, -0.2) is 12.9 Å². The van der Waals surface area contributed by atoms with Gasteiger partial charge in [-0.15, -0.1) is 11.8 Å². The van der Waals surface area contributed by atoms with E-state index in [0.29, 0.717) is 11.5 Å². The summed E-state index contributed by atoms with van der Waals surface area (Å²) >= 11 is 1.58. The second-order valence-electron chi connectivity index (χ2n) is 5.29. The van der Waals surface area contributed by atoms with Crippen molar-refractivity contribution in [3.05, 3.63) is 59.4 Å². The number of hydrogen-bond donors (Lipinski definition) is 0. The van der Waals surface area contributed by atoms with Crippen LogP contribution in [0.2, 0.25) is 0 Å². The summed E-state index contributed by atoms with van der Waals surface area (Å²) < 4.78 is 18.6. The molecule has 2 rings (SSSR count). The zero-order valence-corrected chi connectivity index (χ0v) is 13.7. The van der Waals surface area contributed by atoms with E-state index in [-0.39, 0.29) is 17.5 Å². The molecule has 0 saturated heterocycles. The van der Waals surface area contributed by atoms with Crippen LogP contribution >= 0.6 is 11.8 Å². The maximum absolute atomic E-state index is 13.3. The number of Topliss-reactive ketones (excluding diaryl/α,β-unsaturated/α-hetero) is 1. The molecule has 0 unspecified atom stereocenters. The lowest BCUT2D eigenvalue weighted by Gasteiger charge is -2.09. The van der Waals surface area contributed by atoms with Crippen LogP contribution in [-0.2, 0) is 5.75 Å². The Balaban J connectivity index is 2.06. The lowest BCUT2D eigenvalue weighted by Crippen LogP contribution is -2.06. The first-order valence-corrected chi connectivity index (χ1v) is 8.09. The molecule has 0 amide bonds. The maximum Gasteiger partial charge on any atom is 0.165 e. The van der Waals surface area contributed by atoms with Crippen molar-refractivity contribution in [2.75, 3.05) is 7.11 Å². The molecular weight excluding hydrogens is 299 g/mol. The Morgan fingerprint density at radius 1 is 1.18 bits per heavy atom. The zero-order valence-electron chi connectivity index (χ0n) is 12.9. The Morgan fingerprint density at radius 2 is 1.86 bits per heavy atom. The Morgan fingerprint density at radius 3 is 2.45 bits per heavy atom. The van der Waals surface area contributed by atoms with Gasteiger partial charge in [-0.2, -0.15) is 0 Å². The molecule has 116 valence electrons. The molecule has 2 aromatic rings. The molecule has 0 saturated carbocycles. The third-order valence-corrected chi connectivity index (χ3v) is 4.36. The van der Waals surface area contributed by atoms with Crippen molar-refractivity contribution in [2.24, 2.45) is 5.92 Å². The van der Waals surface area contributed by atoms with Crippen LogP contribution in [0.5, 0.6) is 5.75 Å².